The monoisotopic (exact) mass is 363 g/mol. The van der Waals surface area contributed by atoms with E-state index < -0.39 is 11.9 Å². The van der Waals surface area contributed by atoms with E-state index in [2.05, 4.69) is 10.1 Å². The highest BCUT2D eigenvalue weighted by atomic mass is 35.5. The Hall–Kier alpha value is -2.41. The Kier molecular flexibility index (Phi) is 5.03. The number of amides is 1. The van der Waals surface area contributed by atoms with Crippen LogP contribution in [0.3, 0.4) is 0 Å². The number of carboxylic acid groups (broad SMARTS) is 1. The fourth-order valence-electron chi connectivity index (χ4n) is 3.12. The van der Waals surface area contributed by atoms with Crippen LogP contribution in [0, 0.1) is 12.8 Å². The summed E-state index contributed by atoms with van der Waals surface area (Å²) in [5, 5.41) is 13.8. The number of carbonyl (C=O) groups excluding carboxylic acids is 1. The van der Waals surface area contributed by atoms with Crippen molar-refractivity contribution in [1.29, 1.82) is 0 Å². The van der Waals surface area contributed by atoms with E-state index in [1.165, 1.54) is 0 Å². The highest BCUT2D eigenvalue weighted by Crippen LogP contribution is 2.33. The van der Waals surface area contributed by atoms with Gasteiger partial charge in [-0.25, -0.2) is 0 Å². The number of aliphatic carboxylic acids is 1. The Morgan fingerprint density at radius 2 is 2.04 bits per heavy atom. The van der Waals surface area contributed by atoms with Crippen molar-refractivity contribution < 1.29 is 19.2 Å². The smallest absolute Gasteiger partial charge is 0.308 e. The molecule has 8 heteroatoms. The summed E-state index contributed by atoms with van der Waals surface area (Å²) in [5.74, 6) is -0.951. The van der Waals surface area contributed by atoms with Crippen molar-refractivity contribution in [2.24, 2.45) is 5.92 Å². The largest absolute Gasteiger partial charge is 0.481 e. The molecule has 1 N–H and O–H groups in total. The summed E-state index contributed by atoms with van der Waals surface area (Å²) in [5.41, 5.74) is 0.875. The molecule has 2 aromatic rings. The molecule has 0 radical (unpaired) electrons. The number of hydrogen-bond donors (Lipinski definition) is 1. The predicted molar refractivity (Wildman–Crippen MR) is 89.3 cm³/mol. The van der Waals surface area contributed by atoms with Crippen LogP contribution < -0.4 is 0 Å². The first-order valence-corrected chi connectivity index (χ1v) is 8.37. The number of likely N-dealkylation sites (tertiary alicyclic amines) is 1. The molecule has 1 aliphatic heterocycles. The zero-order valence-corrected chi connectivity index (χ0v) is 14.4. The minimum absolute atomic E-state index is 0.112. The van der Waals surface area contributed by atoms with Gasteiger partial charge >= 0.3 is 5.97 Å². The average Bonchev–Trinajstić information content (AvgIpc) is 3.20. The number of aromatic nitrogens is 2. The number of halogens is 1. The third kappa shape index (κ3) is 3.99. The Morgan fingerprint density at radius 3 is 2.64 bits per heavy atom. The fraction of sp³-hybridized carbons (Fsp3) is 0.412. The van der Waals surface area contributed by atoms with Gasteiger partial charge in [0.15, 0.2) is 5.82 Å². The van der Waals surface area contributed by atoms with Crippen molar-refractivity contribution in [3.63, 3.8) is 0 Å². The van der Waals surface area contributed by atoms with Gasteiger partial charge < -0.3 is 14.5 Å². The summed E-state index contributed by atoms with van der Waals surface area (Å²) in [7, 11) is 0. The number of carbonyl (C=O) groups is 2. The van der Waals surface area contributed by atoms with E-state index in [1.807, 2.05) is 12.1 Å². The van der Waals surface area contributed by atoms with E-state index in [9.17, 15) is 14.7 Å². The van der Waals surface area contributed by atoms with Crippen LogP contribution in [0.15, 0.2) is 28.8 Å². The summed E-state index contributed by atoms with van der Waals surface area (Å²) in [6.07, 6.45) is 0.556. The zero-order valence-electron chi connectivity index (χ0n) is 13.7. The molecule has 1 aromatic carbocycles. The molecular formula is C17H18ClN3O4. The summed E-state index contributed by atoms with van der Waals surface area (Å²) in [4.78, 5) is 29.7. The van der Waals surface area contributed by atoms with Crippen molar-refractivity contribution in [2.45, 2.75) is 25.7 Å². The van der Waals surface area contributed by atoms with E-state index in [1.54, 1.807) is 24.0 Å². The number of benzene rings is 1. The van der Waals surface area contributed by atoms with Gasteiger partial charge in [0.05, 0.1) is 5.92 Å². The Bertz CT molecular complexity index is 774. The van der Waals surface area contributed by atoms with Crippen molar-refractivity contribution in [3.05, 3.63) is 46.6 Å². The highest BCUT2D eigenvalue weighted by molar-refractivity contribution is 6.30. The van der Waals surface area contributed by atoms with Gasteiger partial charge in [0, 0.05) is 36.9 Å². The summed E-state index contributed by atoms with van der Waals surface area (Å²) in [6.45, 7) is 2.29. The fourth-order valence-corrected chi connectivity index (χ4v) is 3.24. The molecule has 1 aromatic heterocycles. The number of rotatable bonds is 5. The quantitative estimate of drug-likeness (QED) is 0.875. The van der Waals surface area contributed by atoms with Gasteiger partial charge in [0.1, 0.15) is 0 Å². The average molecular weight is 364 g/mol. The van der Waals surface area contributed by atoms with Gasteiger partial charge in [-0.15, -0.1) is 0 Å². The van der Waals surface area contributed by atoms with Crippen LogP contribution in [0.4, 0.5) is 0 Å². The summed E-state index contributed by atoms with van der Waals surface area (Å²) < 4.78 is 5.00. The van der Waals surface area contributed by atoms with Crippen molar-refractivity contribution in [2.75, 3.05) is 13.1 Å². The molecule has 0 aliphatic carbocycles. The molecule has 1 amide bonds. The van der Waals surface area contributed by atoms with E-state index in [0.29, 0.717) is 29.7 Å². The van der Waals surface area contributed by atoms with E-state index in [-0.39, 0.29) is 24.8 Å². The van der Waals surface area contributed by atoms with E-state index in [0.717, 1.165) is 5.56 Å². The maximum Gasteiger partial charge on any atom is 0.308 e. The zero-order chi connectivity index (χ0) is 18.0. The molecule has 0 saturated carbocycles. The second-order valence-electron chi connectivity index (χ2n) is 6.14. The third-order valence-electron chi connectivity index (χ3n) is 4.41. The van der Waals surface area contributed by atoms with Gasteiger partial charge in [0.25, 0.3) is 0 Å². The van der Waals surface area contributed by atoms with E-state index >= 15 is 0 Å². The lowest BCUT2D eigenvalue weighted by Gasteiger charge is -2.16. The first kappa shape index (κ1) is 17.4. The van der Waals surface area contributed by atoms with Gasteiger partial charge in [-0.3, -0.25) is 9.59 Å². The minimum Gasteiger partial charge on any atom is -0.481 e. The van der Waals surface area contributed by atoms with Crippen molar-refractivity contribution >= 4 is 23.5 Å². The topological polar surface area (TPSA) is 96.5 Å². The Balaban J connectivity index is 1.67. The lowest BCUT2D eigenvalue weighted by Crippen LogP contribution is -2.30. The molecule has 0 bridgehead atoms. The van der Waals surface area contributed by atoms with Crippen molar-refractivity contribution in [3.8, 4) is 0 Å². The first-order valence-electron chi connectivity index (χ1n) is 7.99. The molecule has 2 atom stereocenters. The molecule has 25 heavy (non-hydrogen) atoms. The molecule has 7 nitrogen and oxygen atoms in total. The molecule has 1 saturated heterocycles. The normalized spacial score (nSPS) is 20.0. The van der Waals surface area contributed by atoms with Gasteiger partial charge in [-0.1, -0.05) is 28.9 Å². The molecule has 1 aliphatic rings. The number of carboxylic acids is 1. The van der Waals surface area contributed by atoms with Crippen LogP contribution >= 0.6 is 11.6 Å². The minimum atomic E-state index is -0.900. The maximum absolute atomic E-state index is 12.4. The van der Waals surface area contributed by atoms with E-state index in [4.69, 9.17) is 16.1 Å². The summed E-state index contributed by atoms with van der Waals surface area (Å²) in [6, 6.07) is 7.10. The molecule has 2 heterocycles. The van der Waals surface area contributed by atoms with Gasteiger partial charge in [-0.2, -0.15) is 4.98 Å². The van der Waals surface area contributed by atoms with Crippen LogP contribution in [0.25, 0.3) is 0 Å². The van der Waals surface area contributed by atoms with Gasteiger partial charge in [-0.05, 0) is 24.6 Å². The second kappa shape index (κ2) is 7.23. The highest BCUT2D eigenvalue weighted by Gasteiger charge is 2.40. The third-order valence-corrected chi connectivity index (χ3v) is 4.66. The maximum atomic E-state index is 12.4. The Labute approximate surface area is 149 Å². The molecule has 3 rings (SSSR count). The number of nitrogens with zero attached hydrogens (tertiary/aromatic N) is 3. The predicted octanol–water partition coefficient (Wildman–Crippen LogP) is 2.29. The summed E-state index contributed by atoms with van der Waals surface area (Å²) >= 11 is 5.90. The molecular weight excluding hydrogens is 346 g/mol. The van der Waals surface area contributed by atoms with Crippen LogP contribution in [0.5, 0.6) is 0 Å². The van der Waals surface area contributed by atoms with Crippen LogP contribution in [-0.2, 0) is 16.0 Å². The number of aryl methyl sites for hydroxylation is 2. The lowest BCUT2D eigenvalue weighted by atomic mass is 9.89. The molecule has 1 fully saturated rings. The Morgan fingerprint density at radius 1 is 1.32 bits per heavy atom. The van der Waals surface area contributed by atoms with Crippen molar-refractivity contribution in [1.82, 2.24) is 15.0 Å². The van der Waals surface area contributed by atoms with Crippen LogP contribution in [-0.4, -0.2) is 45.1 Å². The molecule has 0 spiro atoms. The van der Waals surface area contributed by atoms with Gasteiger partial charge in [0.2, 0.25) is 11.8 Å². The molecule has 0 unspecified atom stereocenters. The standard InChI is InChI=1S/C17H18ClN3O4/c1-10-19-15(25-20-10)6-7-16(22)21-8-13(14(9-21)17(23)24)11-2-4-12(18)5-3-11/h2-5,13-14H,6-9H2,1H3,(H,23,24)/t13-,14+/m0/s1. The van der Waals surface area contributed by atoms with Crippen LogP contribution in [0.1, 0.15) is 29.6 Å². The lowest BCUT2D eigenvalue weighted by molar-refractivity contribution is -0.141. The molecule has 132 valence electrons. The van der Waals surface area contributed by atoms with Crippen LogP contribution in [0.2, 0.25) is 5.02 Å². The second-order valence-corrected chi connectivity index (χ2v) is 6.57. The number of hydrogen-bond acceptors (Lipinski definition) is 5. The first-order chi connectivity index (χ1) is 11.9. The SMILES string of the molecule is Cc1noc(CCC(=O)N2C[C@@H](C(=O)O)[C@H](c3ccc(Cl)cc3)C2)n1.